The van der Waals surface area contributed by atoms with Gasteiger partial charge in [0.2, 0.25) is 5.91 Å². The highest BCUT2D eigenvalue weighted by Crippen LogP contribution is 2.26. The molecule has 0 spiro atoms. The van der Waals surface area contributed by atoms with Crippen LogP contribution in [0.15, 0.2) is 12.4 Å². The predicted molar refractivity (Wildman–Crippen MR) is 81.0 cm³/mol. The highest BCUT2D eigenvalue weighted by Gasteiger charge is 2.26. The lowest BCUT2D eigenvalue weighted by Crippen LogP contribution is -2.40. The van der Waals surface area contributed by atoms with E-state index in [0.29, 0.717) is 18.3 Å². The molecule has 5 nitrogen and oxygen atoms in total. The third-order valence-corrected chi connectivity index (χ3v) is 4.23. The minimum Gasteiger partial charge on any atom is -0.383 e. The summed E-state index contributed by atoms with van der Waals surface area (Å²) < 4.78 is 7.28. The lowest BCUT2D eigenvalue weighted by molar-refractivity contribution is -0.129. The van der Waals surface area contributed by atoms with Crippen LogP contribution < -0.4 is 0 Å². The molecule has 6 heteroatoms. The molecule has 0 aromatic carbocycles. The molecule has 1 aromatic rings. The van der Waals surface area contributed by atoms with Gasteiger partial charge in [0.15, 0.2) is 0 Å². The van der Waals surface area contributed by atoms with Crippen LogP contribution in [-0.2, 0) is 16.1 Å². The summed E-state index contributed by atoms with van der Waals surface area (Å²) in [6.07, 6.45) is 7.97. The predicted octanol–water partition coefficient (Wildman–Crippen LogP) is 1.60. The van der Waals surface area contributed by atoms with Crippen molar-refractivity contribution in [2.75, 3.05) is 38.8 Å². The summed E-state index contributed by atoms with van der Waals surface area (Å²) in [7, 11) is 1.71. The lowest BCUT2D eigenvalue weighted by Gasteiger charge is -2.32. The Morgan fingerprint density at radius 1 is 1.60 bits per heavy atom. The van der Waals surface area contributed by atoms with Crippen molar-refractivity contribution < 1.29 is 9.53 Å². The van der Waals surface area contributed by atoms with Crippen molar-refractivity contribution in [1.29, 1.82) is 0 Å². The third kappa shape index (κ3) is 3.76. The third-order valence-electron chi connectivity index (χ3n) is 3.69. The number of likely N-dealkylation sites (tertiary alicyclic amines) is 1. The van der Waals surface area contributed by atoms with E-state index in [1.54, 1.807) is 18.9 Å². The number of carbonyl (C=O) groups is 1. The Labute approximate surface area is 124 Å². The second kappa shape index (κ2) is 7.69. The first-order chi connectivity index (χ1) is 9.76. The smallest absolute Gasteiger partial charge is 0.232 e. The van der Waals surface area contributed by atoms with E-state index in [1.807, 2.05) is 23.5 Å². The van der Waals surface area contributed by atoms with E-state index in [4.69, 9.17) is 4.74 Å². The van der Waals surface area contributed by atoms with Crippen molar-refractivity contribution in [1.82, 2.24) is 14.5 Å². The van der Waals surface area contributed by atoms with Crippen molar-refractivity contribution in [3.05, 3.63) is 18.2 Å². The number of ether oxygens (including phenoxy) is 1. The maximum Gasteiger partial charge on any atom is 0.232 e. The van der Waals surface area contributed by atoms with Gasteiger partial charge < -0.3 is 14.2 Å². The Kier molecular flexibility index (Phi) is 5.91. The first-order valence-electron chi connectivity index (χ1n) is 7.03. The molecular formula is C14H23N3O2S. The molecule has 112 valence electrons. The number of hydrogen-bond acceptors (Lipinski definition) is 4. The summed E-state index contributed by atoms with van der Waals surface area (Å²) in [5.41, 5.74) is 0. The van der Waals surface area contributed by atoms with Gasteiger partial charge >= 0.3 is 0 Å². The molecule has 1 aliphatic rings. The minimum atomic E-state index is 0.247. The van der Waals surface area contributed by atoms with E-state index < -0.39 is 0 Å². The minimum absolute atomic E-state index is 0.247. The van der Waals surface area contributed by atoms with Gasteiger partial charge in [0, 0.05) is 45.1 Å². The van der Waals surface area contributed by atoms with Crippen LogP contribution in [0, 0.1) is 0 Å². The Morgan fingerprint density at radius 3 is 3.20 bits per heavy atom. The quantitative estimate of drug-likeness (QED) is 0.800. The average molecular weight is 297 g/mol. The highest BCUT2D eigenvalue weighted by atomic mass is 32.2. The molecule has 0 bridgehead atoms. The van der Waals surface area contributed by atoms with Crippen LogP contribution in [0.2, 0.25) is 0 Å². The van der Waals surface area contributed by atoms with Crippen LogP contribution in [0.4, 0.5) is 0 Å². The number of methoxy groups -OCH3 is 1. The van der Waals surface area contributed by atoms with Crippen LogP contribution in [0.3, 0.4) is 0 Å². The van der Waals surface area contributed by atoms with Gasteiger partial charge in [0.25, 0.3) is 0 Å². The molecule has 1 aromatic heterocycles. The van der Waals surface area contributed by atoms with Gasteiger partial charge in [-0.25, -0.2) is 4.98 Å². The van der Waals surface area contributed by atoms with Gasteiger partial charge in [-0.1, -0.05) is 0 Å². The van der Waals surface area contributed by atoms with E-state index >= 15 is 0 Å². The Bertz CT molecular complexity index is 436. The second-order valence-electron chi connectivity index (χ2n) is 5.08. The fourth-order valence-electron chi connectivity index (χ4n) is 2.69. The van der Waals surface area contributed by atoms with Crippen molar-refractivity contribution in [2.45, 2.75) is 25.3 Å². The van der Waals surface area contributed by atoms with E-state index in [1.165, 1.54) is 0 Å². The van der Waals surface area contributed by atoms with Crippen LogP contribution >= 0.6 is 11.8 Å². The molecule has 1 fully saturated rings. The molecule has 2 heterocycles. The van der Waals surface area contributed by atoms with Gasteiger partial charge in [-0.3, -0.25) is 4.79 Å². The number of amides is 1. The van der Waals surface area contributed by atoms with Crippen molar-refractivity contribution in [2.24, 2.45) is 0 Å². The summed E-state index contributed by atoms with van der Waals surface area (Å²) in [4.78, 5) is 18.5. The molecule has 0 radical (unpaired) electrons. The molecule has 0 N–H and O–H groups in total. The van der Waals surface area contributed by atoms with Crippen LogP contribution in [0.5, 0.6) is 0 Å². The van der Waals surface area contributed by atoms with Gasteiger partial charge in [0.05, 0.1) is 12.4 Å². The molecule has 20 heavy (non-hydrogen) atoms. The monoisotopic (exact) mass is 297 g/mol. The van der Waals surface area contributed by atoms with E-state index in [0.717, 1.165) is 38.3 Å². The average Bonchev–Trinajstić information content (AvgIpc) is 2.94. The Hall–Kier alpha value is -1.01. The molecular weight excluding hydrogens is 274 g/mol. The maximum absolute atomic E-state index is 12.0. The molecule has 1 atom stereocenters. The molecule has 0 aliphatic carbocycles. The van der Waals surface area contributed by atoms with E-state index in [2.05, 4.69) is 9.55 Å². The summed E-state index contributed by atoms with van der Waals surface area (Å²) in [5.74, 6) is 2.26. The largest absolute Gasteiger partial charge is 0.383 e. The number of aromatic nitrogens is 2. The van der Waals surface area contributed by atoms with Gasteiger partial charge in [0.1, 0.15) is 5.82 Å². The molecule has 0 unspecified atom stereocenters. The van der Waals surface area contributed by atoms with Crippen molar-refractivity contribution in [3.63, 3.8) is 0 Å². The molecule has 1 saturated heterocycles. The maximum atomic E-state index is 12.0. The summed E-state index contributed by atoms with van der Waals surface area (Å²) in [5, 5.41) is 0. The second-order valence-corrected chi connectivity index (χ2v) is 5.95. The normalized spacial score (nSPS) is 19.3. The molecule has 0 saturated carbocycles. The molecule has 1 amide bonds. The first-order valence-corrected chi connectivity index (χ1v) is 8.42. The van der Waals surface area contributed by atoms with Crippen molar-refractivity contribution >= 4 is 17.7 Å². The number of hydrogen-bond donors (Lipinski definition) is 0. The first kappa shape index (κ1) is 15.4. The molecule has 2 rings (SSSR count). The van der Waals surface area contributed by atoms with E-state index in [-0.39, 0.29) is 5.91 Å². The summed E-state index contributed by atoms with van der Waals surface area (Å²) >= 11 is 1.59. The standard InChI is InChI=1S/C14H23N3O2S/c1-19-9-8-16-7-5-15-14(16)12-4-3-6-17(10-12)13(18)11-20-2/h5,7,12H,3-4,6,8-11H2,1-2H3/t12-/m0/s1. The number of imidazole rings is 1. The van der Waals surface area contributed by atoms with Crippen molar-refractivity contribution in [3.8, 4) is 0 Å². The topological polar surface area (TPSA) is 47.4 Å². The SMILES string of the molecule is COCCn1ccnc1[C@H]1CCCN(C(=O)CSC)C1. The zero-order chi connectivity index (χ0) is 14.4. The van der Waals surface area contributed by atoms with Gasteiger partial charge in [-0.15, -0.1) is 0 Å². The lowest BCUT2D eigenvalue weighted by atomic mass is 9.97. The Balaban J connectivity index is 2.01. The Morgan fingerprint density at radius 2 is 2.45 bits per heavy atom. The summed E-state index contributed by atoms with van der Waals surface area (Å²) in [6, 6.07) is 0. The van der Waals surface area contributed by atoms with E-state index in [9.17, 15) is 4.79 Å². The fourth-order valence-corrected chi connectivity index (χ4v) is 3.12. The van der Waals surface area contributed by atoms with Gasteiger partial charge in [-0.2, -0.15) is 11.8 Å². The number of carbonyl (C=O) groups excluding carboxylic acids is 1. The number of thioether (sulfide) groups is 1. The number of rotatable bonds is 6. The van der Waals surface area contributed by atoms with Crippen LogP contribution in [0.1, 0.15) is 24.6 Å². The zero-order valence-corrected chi connectivity index (χ0v) is 13.1. The summed E-state index contributed by atoms with van der Waals surface area (Å²) in [6.45, 7) is 3.18. The zero-order valence-electron chi connectivity index (χ0n) is 12.2. The fraction of sp³-hybridized carbons (Fsp3) is 0.714. The van der Waals surface area contributed by atoms with Crippen LogP contribution in [-0.4, -0.2) is 59.2 Å². The van der Waals surface area contributed by atoms with Crippen LogP contribution in [0.25, 0.3) is 0 Å². The highest BCUT2D eigenvalue weighted by molar-refractivity contribution is 7.99. The van der Waals surface area contributed by atoms with Gasteiger partial charge in [-0.05, 0) is 19.1 Å². The number of piperidine rings is 1. The number of nitrogens with zero attached hydrogens (tertiary/aromatic N) is 3. The molecule has 1 aliphatic heterocycles.